The third-order valence-corrected chi connectivity index (χ3v) is 4.59. The molecule has 0 aliphatic heterocycles. The van der Waals surface area contributed by atoms with Crippen LogP contribution in [0.2, 0.25) is 0 Å². The van der Waals surface area contributed by atoms with E-state index in [0.29, 0.717) is 12.0 Å². The van der Waals surface area contributed by atoms with Crippen molar-refractivity contribution in [2.45, 2.75) is 105 Å². The average Bonchev–Trinajstić information content (AvgIpc) is 2.35. The molecule has 0 aliphatic rings. The van der Waals surface area contributed by atoms with Crippen molar-refractivity contribution in [3.8, 4) is 0 Å². The van der Waals surface area contributed by atoms with Crippen molar-refractivity contribution in [2.24, 2.45) is 5.41 Å². The van der Waals surface area contributed by atoms with Crippen LogP contribution in [0.3, 0.4) is 0 Å². The van der Waals surface area contributed by atoms with Crippen LogP contribution in [-0.4, -0.2) is 23.9 Å². The van der Waals surface area contributed by atoms with E-state index < -0.39 is 0 Å². The first-order valence-corrected chi connectivity index (χ1v) is 8.28. The van der Waals surface area contributed by atoms with Crippen molar-refractivity contribution >= 4 is 0 Å². The molecule has 0 saturated carbocycles. The molecule has 0 spiro atoms. The highest BCUT2D eigenvalue weighted by Crippen LogP contribution is 2.30. The van der Waals surface area contributed by atoms with Crippen molar-refractivity contribution in [3.63, 3.8) is 0 Å². The second-order valence-electron chi connectivity index (χ2n) is 8.00. The lowest BCUT2D eigenvalue weighted by atomic mass is 9.84. The fourth-order valence-electron chi connectivity index (χ4n) is 1.85. The Morgan fingerprint density at radius 1 is 0.750 bits per heavy atom. The van der Waals surface area contributed by atoms with E-state index in [9.17, 15) is 0 Å². The van der Waals surface area contributed by atoms with Crippen LogP contribution in [-0.2, 0) is 9.47 Å². The van der Waals surface area contributed by atoms with Gasteiger partial charge in [0.2, 0.25) is 0 Å². The van der Waals surface area contributed by atoms with Crippen LogP contribution in [0.25, 0.3) is 0 Å². The maximum atomic E-state index is 6.34. The van der Waals surface area contributed by atoms with Gasteiger partial charge in [-0.3, -0.25) is 0 Å². The van der Waals surface area contributed by atoms with Gasteiger partial charge in [0.1, 0.15) is 0 Å². The zero-order valence-corrected chi connectivity index (χ0v) is 15.4. The molecule has 20 heavy (non-hydrogen) atoms. The Labute approximate surface area is 127 Å². The summed E-state index contributed by atoms with van der Waals surface area (Å²) in [6.45, 7) is 20.6. The molecule has 0 bridgehead atoms. The molecule has 0 aromatic heterocycles. The lowest BCUT2D eigenvalue weighted by molar-refractivity contribution is -0.141. The molecule has 0 radical (unpaired) electrons. The van der Waals surface area contributed by atoms with Gasteiger partial charge in [0.25, 0.3) is 0 Å². The van der Waals surface area contributed by atoms with Gasteiger partial charge in [-0.2, -0.15) is 0 Å². The normalized spacial score (nSPS) is 15.4. The van der Waals surface area contributed by atoms with E-state index in [0.717, 1.165) is 25.7 Å². The fourth-order valence-corrected chi connectivity index (χ4v) is 1.85. The second kappa shape index (κ2) is 7.79. The van der Waals surface area contributed by atoms with Gasteiger partial charge in [-0.15, -0.1) is 0 Å². The Hall–Kier alpha value is -0.0800. The van der Waals surface area contributed by atoms with Gasteiger partial charge in [-0.05, 0) is 52.4 Å². The van der Waals surface area contributed by atoms with Crippen molar-refractivity contribution in [1.29, 1.82) is 0 Å². The average molecular weight is 286 g/mol. The molecule has 0 N–H and O–H groups in total. The summed E-state index contributed by atoms with van der Waals surface area (Å²) in [5.74, 6) is 0. The summed E-state index contributed by atoms with van der Waals surface area (Å²) in [5, 5.41) is 0. The van der Waals surface area contributed by atoms with E-state index >= 15 is 0 Å². The van der Waals surface area contributed by atoms with Crippen LogP contribution in [0, 0.1) is 5.41 Å². The third-order valence-electron chi connectivity index (χ3n) is 4.59. The molecule has 122 valence electrons. The van der Waals surface area contributed by atoms with Crippen LogP contribution in [0.1, 0.15) is 88.0 Å². The van der Waals surface area contributed by atoms with Crippen LogP contribution >= 0.6 is 0 Å². The minimum atomic E-state index is -0.0752. The van der Waals surface area contributed by atoms with Crippen molar-refractivity contribution < 1.29 is 9.47 Å². The van der Waals surface area contributed by atoms with Gasteiger partial charge in [0, 0.05) is 0 Å². The van der Waals surface area contributed by atoms with Gasteiger partial charge >= 0.3 is 0 Å². The maximum Gasteiger partial charge on any atom is 0.0821 e. The summed E-state index contributed by atoms with van der Waals surface area (Å²) in [6.07, 6.45) is 4.43. The van der Waals surface area contributed by atoms with Gasteiger partial charge in [0.15, 0.2) is 0 Å². The largest absolute Gasteiger partial charge is 0.373 e. The van der Waals surface area contributed by atoms with Crippen molar-refractivity contribution in [2.75, 3.05) is 6.61 Å². The third kappa shape index (κ3) is 8.26. The van der Waals surface area contributed by atoms with E-state index in [1.54, 1.807) is 0 Å². The molecule has 1 unspecified atom stereocenters. The van der Waals surface area contributed by atoms with Crippen LogP contribution in [0.15, 0.2) is 0 Å². The Balaban J connectivity index is 4.71. The first-order chi connectivity index (χ1) is 8.97. The van der Waals surface area contributed by atoms with E-state index in [4.69, 9.17) is 9.47 Å². The predicted octanol–water partition coefficient (Wildman–Crippen LogP) is 5.59. The van der Waals surface area contributed by atoms with E-state index in [1.807, 2.05) is 0 Å². The Kier molecular flexibility index (Phi) is 7.76. The quantitative estimate of drug-likeness (QED) is 0.521. The molecule has 0 heterocycles. The van der Waals surface area contributed by atoms with Gasteiger partial charge in [0.05, 0.1) is 23.9 Å². The summed E-state index contributed by atoms with van der Waals surface area (Å²) < 4.78 is 12.4. The lowest BCUT2D eigenvalue weighted by Gasteiger charge is -2.36. The molecule has 2 heteroatoms. The molecule has 2 nitrogen and oxygen atoms in total. The van der Waals surface area contributed by atoms with E-state index in [1.165, 1.54) is 0 Å². The van der Waals surface area contributed by atoms with Crippen molar-refractivity contribution in [1.82, 2.24) is 0 Å². The molecule has 1 atom stereocenters. The smallest absolute Gasteiger partial charge is 0.0821 e. The summed E-state index contributed by atoms with van der Waals surface area (Å²) >= 11 is 0. The molecular weight excluding hydrogens is 248 g/mol. The molecule has 0 fully saturated rings. The Bertz CT molecular complexity index is 249. The van der Waals surface area contributed by atoms with Crippen molar-refractivity contribution in [3.05, 3.63) is 0 Å². The maximum absolute atomic E-state index is 6.34. The SMILES string of the molecule is CCC(C)(C)CC(COC(C)(C)CC)OC(C)(C)CC. The van der Waals surface area contributed by atoms with Crippen LogP contribution in [0.5, 0.6) is 0 Å². The summed E-state index contributed by atoms with van der Waals surface area (Å²) in [4.78, 5) is 0. The minimum Gasteiger partial charge on any atom is -0.373 e. The van der Waals surface area contributed by atoms with E-state index in [2.05, 4.69) is 62.3 Å². The number of hydrogen-bond donors (Lipinski definition) is 0. The first-order valence-electron chi connectivity index (χ1n) is 8.28. The molecule has 0 saturated heterocycles. The monoisotopic (exact) mass is 286 g/mol. The Morgan fingerprint density at radius 2 is 1.25 bits per heavy atom. The molecule has 0 amide bonds. The van der Waals surface area contributed by atoms with Gasteiger partial charge < -0.3 is 9.47 Å². The minimum absolute atomic E-state index is 0.0612. The zero-order valence-electron chi connectivity index (χ0n) is 15.4. The Morgan fingerprint density at radius 3 is 1.65 bits per heavy atom. The molecular formula is C18H38O2. The first kappa shape index (κ1) is 19.9. The number of rotatable bonds is 10. The summed E-state index contributed by atoms with van der Waals surface area (Å²) in [7, 11) is 0. The lowest BCUT2D eigenvalue weighted by Crippen LogP contribution is -2.38. The van der Waals surface area contributed by atoms with Crippen LogP contribution < -0.4 is 0 Å². The topological polar surface area (TPSA) is 18.5 Å². The van der Waals surface area contributed by atoms with E-state index in [-0.39, 0.29) is 17.3 Å². The second-order valence-corrected chi connectivity index (χ2v) is 8.00. The highest BCUT2D eigenvalue weighted by atomic mass is 16.6. The highest BCUT2D eigenvalue weighted by Gasteiger charge is 2.29. The number of hydrogen-bond acceptors (Lipinski definition) is 2. The number of ether oxygens (including phenoxy) is 2. The predicted molar refractivity (Wildman–Crippen MR) is 88.3 cm³/mol. The fraction of sp³-hybridized carbons (Fsp3) is 1.00. The zero-order chi connectivity index (χ0) is 16.0. The van der Waals surface area contributed by atoms with Gasteiger partial charge in [-0.25, -0.2) is 0 Å². The van der Waals surface area contributed by atoms with Gasteiger partial charge in [-0.1, -0.05) is 41.0 Å². The molecule has 0 aromatic carbocycles. The molecule has 0 aliphatic carbocycles. The highest BCUT2D eigenvalue weighted by molar-refractivity contribution is 4.78. The molecule has 0 rings (SSSR count). The summed E-state index contributed by atoms with van der Waals surface area (Å²) in [6, 6.07) is 0. The molecule has 0 aromatic rings. The summed E-state index contributed by atoms with van der Waals surface area (Å²) in [5.41, 5.74) is 0.163. The van der Waals surface area contributed by atoms with Crippen LogP contribution in [0.4, 0.5) is 0 Å². The standard InChI is InChI=1S/C18H38O2/c1-10-16(4,5)13-15(20-18(8,9)12-3)14-19-17(6,7)11-2/h15H,10-14H2,1-9H3.